The van der Waals surface area contributed by atoms with Gasteiger partial charge in [-0.25, -0.2) is 27.9 Å². The van der Waals surface area contributed by atoms with E-state index in [2.05, 4.69) is 26.1 Å². The molecule has 2 aromatic carbocycles. The molecule has 4 aromatic heterocycles. The van der Waals surface area contributed by atoms with Crippen LogP contribution in [-0.4, -0.2) is 141 Å². The standard InChI is InChI=1S/C59H64F3N11O6/c1-3-39-43(60)12-9-36-7-4-8-40(47(36)39)51-49(62)52-48-45(63-51)13-10-37-31-77-28-6-22-72(37)55(48)67-57(65-52)79-33-59-20-5-23-73(59)38(15-21-59)32-78-58(76)71-26-18-35(19-27-71)29-34-16-24-70(25-17-34)54-44(61)30-42-50(68-69(2)53(42)66-54)41-11-14-46(74)64-56(41)75/h1,4,7-9,12,30,34-35,37-38,41H,5-6,10-11,13-29,31-33H2,2H3,(H,64,74,75)/t37-,38-,41?,59-/m0/s1. The second-order valence-electron chi connectivity index (χ2n) is 22.9. The fraction of sp³-hybridized carbons (Fsp3) is 0.525. The molecule has 6 aromatic rings. The molecule has 1 unspecified atom stereocenters. The average molecular weight is 1080 g/mol. The number of halogens is 3. The normalized spacial score (nSPS) is 24.1. The highest BCUT2D eigenvalue weighted by atomic mass is 19.1. The Balaban J connectivity index is 0.636. The van der Waals surface area contributed by atoms with Gasteiger partial charge in [-0.2, -0.15) is 15.1 Å². The number of aryl methyl sites for hydroxylation is 2. The van der Waals surface area contributed by atoms with Crippen LogP contribution in [0.25, 0.3) is 44.0 Å². The Morgan fingerprint density at radius 3 is 2.51 bits per heavy atom. The number of carbonyl (C=O) groups is 3. The van der Waals surface area contributed by atoms with Crippen LogP contribution in [-0.2, 0) is 32.5 Å². The SMILES string of the molecule is C#Cc1c(F)ccc2cccc(-c3nc4c5c(nc(OC[C@@]67CCCN6[C@H](COC(=O)N6CCC(CC8CCN(c9nc%10c(cc9F)c(C9CCC(=O)NC9=O)nn%10C)CC8)CC6)CC7)nc5c3F)N3CCCOC[C@@H]3CC4)c12. The number of pyridine rings is 2. The predicted octanol–water partition coefficient (Wildman–Crippen LogP) is 8.12. The first kappa shape index (κ1) is 51.3. The summed E-state index contributed by atoms with van der Waals surface area (Å²) >= 11 is 0. The van der Waals surface area contributed by atoms with E-state index in [1.54, 1.807) is 29.9 Å². The number of piperidine rings is 3. The number of hydrogen-bond donors (Lipinski definition) is 1. The summed E-state index contributed by atoms with van der Waals surface area (Å²) in [6, 6.07) is 9.83. The van der Waals surface area contributed by atoms with E-state index in [1.165, 1.54) is 12.1 Å². The van der Waals surface area contributed by atoms with Crippen LogP contribution in [0.4, 0.5) is 29.6 Å². The van der Waals surface area contributed by atoms with Crippen molar-refractivity contribution < 1.29 is 41.8 Å². The Labute approximate surface area is 455 Å². The molecule has 412 valence electrons. The maximum absolute atomic E-state index is 17.4. The van der Waals surface area contributed by atoms with Gasteiger partial charge in [0.2, 0.25) is 11.8 Å². The molecule has 6 fully saturated rings. The monoisotopic (exact) mass is 1080 g/mol. The van der Waals surface area contributed by atoms with Crippen LogP contribution in [0.2, 0.25) is 0 Å². The van der Waals surface area contributed by atoms with Gasteiger partial charge >= 0.3 is 12.1 Å². The van der Waals surface area contributed by atoms with Crippen LogP contribution in [0.3, 0.4) is 0 Å². The topological polar surface area (TPSA) is 173 Å². The highest BCUT2D eigenvalue weighted by molar-refractivity contribution is 6.04. The third kappa shape index (κ3) is 9.33. The molecule has 7 aliphatic heterocycles. The Kier molecular flexibility index (Phi) is 13.5. The van der Waals surface area contributed by atoms with Crippen molar-refractivity contribution >= 4 is 62.3 Å². The number of anilines is 2. The van der Waals surface area contributed by atoms with E-state index < -0.39 is 29.3 Å². The largest absolute Gasteiger partial charge is 0.461 e. The number of fused-ring (bicyclic) bond motifs is 5. The first-order chi connectivity index (χ1) is 38.4. The van der Waals surface area contributed by atoms with Crippen LogP contribution in [0.15, 0.2) is 36.4 Å². The van der Waals surface area contributed by atoms with E-state index >= 15 is 13.2 Å². The van der Waals surface area contributed by atoms with Crippen LogP contribution in [0, 0.1) is 41.6 Å². The first-order valence-electron chi connectivity index (χ1n) is 28.3. The number of likely N-dealkylation sites (tertiary alicyclic amines) is 1. The molecule has 1 N–H and O–H groups in total. The molecule has 3 amide bonds. The smallest absolute Gasteiger partial charge is 0.409 e. The number of amides is 3. The van der Waals surface area contributed by atoms with Gasteiger partial charge in [0.1, 0.15) is 36.1 Å². The number of aromatic nitrogens is 6. The number of imide groups is 1. The Hall–Kier alpha value is -7.11. The number of ether oxygens (including phenoxy) is 3. The highest BCUT2D eigenvalue weighted by Crippen LogP contribution is 2.45. The lowest BCUT2D eigenvalue weighted by molar-refractivity contribution is -0.134. The van der Waals surface area contributed by atoms with Gasteiger partial charge in [0.25, 0.3) is 0 Å². The van der Waals surface area contributed by atoms with Gasteiger partial charge in [-0.05, 0) is 119 Å². The van der Waals surface area contributed by atoms with Gasteiger partial charge in [0, 0.05) is 75.2 Å². The van der Waals surface area contributed by atoms with Crippen molar-refractivity contribution in [3.05, 3.63) is 70.8 Å². The lowest BCUT2D eigenvalue weighted by Gasteiger charge is -2.37. The van der Waals surface area contributed by atoms with E-state index in [4.69, 9.17) is 40.6 Å². The average Bonchev–Trinajstić information content (AvgIpc) is 4.28. The van der Waals surface area contributed by atoms with Gasteiger partial charge < -0.3 is 28.9 Å². The predicted molar refractivity (Wildman–Crippen MR) is 289 cm³/mol. The van der Waals surface area contributed by atoms with Crippen molar-refractivity contribution in [1.82, 2.24) is 44.8 Å². The van der Waals surface area contributed by atoms with Crippen LogP contribution in [0.5, 0.6) is 6.01 Å². The number of nitrogens with one attached hydrogen (secondary N) is 1. The quantitative estimate of drug-likeness (QED) is 0.103. The molecular weight excluding hydrogens is 1020 g/mol. The maximum Gasteiger partial charge on any atom is 0.409 e. The summed E-state index contributed by atoms with van der Waals surface area (Å²) in [6.45, 7) is 5.81. The molecule has 0 radical (unpaired) electrons. The molecule has 0 spiro atoms. The van der Waals surface area contributed by atoms with Gasteiger partial charge in [0.05, 0.1) is 46.4 Å². The second kappa shape index (κ2) is 20.8. The molecule has 11 heterocycles. The number of terminal acetylenes is 1. The van der Waals surface area contributed by atoms with E-state index in [-0.39, 0.29) is 72.0 Å². The number of carbonyl (C=O) groups excluding carboxylic acids is 3. The van der Waals surface area contributed by atoms with Gasteiger partial charge in [-0.3, -0.25) is 24.5 Å². The van der Waals surface area contributed by atoms with Crippen molar-refractivity contribution in [2.75, 3.05) is 75.5 Å². The highest BCUT2D eigenvalue weighted by Gasteiger charge is 2.50. The van der Waals surface area contributed by atoms with Gasteiger partial charge in [0.15, 0.2) is 23.1 Å². The molecule has 0 bridgehead atoms. The van der Waals surface area contributed by atoms with Crippen molar-refractivity contribution in [3.8, 4) is 29.6 Å². The molecule has 17 nitrogen and oxygen atoms in total. The summed E-state index contributed by atoms with van der Waals surface area (Å²) in [4.78, 5) is 66.1. The van der Waals surface area contributed by atoms with E-state index in [0.29, 0.717) is 133 Å². The van der Waals surface area contributed by atoms with Crippen molar-refractivity contribution in [2.45, 2.75) is 113 Å². The van der Waals surface area contributed by atoms with E-state index in [0.717, 1.165) is 70.8 Å². The van der Waals surface area contributed by atoms with Crippen LogP contribution in [0.1, 0.15) is 106 Å². The minimum atomic E-state index is -0.652. The van der Waals surface area contributed by atoms with Gasteiger partial charge in [-0.1, -0.05) is 30.2 Å². The molecule has 0 aliphatic carbocycles. The summed E-state index contributed by atoms with van der Waals surface area (Å²) in [7, 11) is 1.74. The van der Waals surface area contributed by atoms with Gasteiger partial charge in [-0.15, -0.1) is 6.42 Å². The second-order valence-corrected chi connectivity index (χ2v) is 22.9. The number of hydrogen-bond acceptors (Lipinski definition) is 14. The fourth-order valence-electron chi connectivity index (χ4n) is 14.2. The number of rotatable bonds is 10. The van der Waals surface area contributed by atoms with Crippen LogP contribution < -0.4 is 19.9 Å². The Bertz CT molecular complexity index is 3460. The summed E-state index contributed by atoms with van der Waals surface area (Å²) in [5, 5.41) is 9.04. The minimum Gasteiger partial charge on any atom is -0.461 e. The number of nitrogens with zero attached hydrogens (tertiary/aromatic N) is 10. The van der Waals surface area contributed by atoms with Crippen molar-refractivity contribution in [1.29, 1.82) is 0 Å². The fourth-order valence-corrected chi connectivity index (χ4v) is 14.2. The molecule has 4 atom stereocenters. The molecule has 20 heteroatoms. The lowest BCUT2D eigenvalue weighted by Crippen LogP contribution is -2.48. The van der Waals surface area contributed by atoms with Crippen LogP contribution >= 0.6 is 0 Å². The molecular formula is C59H64F3N11O6. The lowest BCUT2D eigenvalue weighted by atomic mass is 9.83. The summed E-state index contributed by atoms with van der Waals surface area (Å²) in [5.41, 5.74) is 1.85. The zero-order valence-corrected chi connectivity index (χ0v) is 44.5. The molecule has 6 saturated heterocycles. The minimum absolute atomic E-state index is 0.0146. The summed E-state index contributed by atoms with van der Waals surface area (Å²) < 4.78 is 68.8. The Morgan fingerprint density at radius 2 is 1.70 bits per heavy atom. The van der Waals surface area contributed by atoms with E-state index in [9.17, 15) is 14.4 Å². The maximum atomic E-state index is 17.4. The van der Waals surface area contributed by atoms with Crippen molar-refractivity contribution in [2.24, 2.45) is 18.9 Å². The number of benzene rings is 2. The van der Waals surface area contributed by atoms with Crippen molar-refractivity contribution in [3.63, 3.8) is 0 Å². The first-order valence-corrected chi connectivity index (χ1v) is 28.3. The third-order valence-corrected chi connectivity index (χ3v) is 18.3. The van der Waals surface area contributed by atoms with E-state index in [1.807, 2.05) is 15.9 Å². The zero-order chi connectivity index (χ0) is 54.1. The summed E-state index contributed by atoms with van der Waals surface area (Å²) in [6.07, 6.45) is 16.3. The molecule has 13 rings (SSSR count). The zero-order valence-electron chi connectivity index (χ0n) is 44.5. The third-order valence-electron chi connectivity index (χ3n) is 18.3. The Morgan fingerprint density at radius 1 is 0.873 bits per heavy atom. The molecule has 7 aliphatic rings. The molecule has 79 heavy (non-hydrogen) atoms. The molecule has 0 saturated carbocycles. The summed E-state index contributed by atoms with van der Waals surface area (Å²) in [5.74, 6) is 1.29.